The van der Waals surface area contributed by atoms with Crippen LogP contribution in [0.2, 0.25) is 0 Å². The van der Waals surface area contributed by atoms with Gasteiger partial charge < -0.3 is 24.5 Å². The lowest BCUT2D eigenvalue weighted by molar-refractivity contribution is -0.144. The van der Waals surface area contributed by atoms with Gasteiger partial charge in [-0.2, -0.15) is 0 Å². The van der Waals surface area contributed by atoms with Crippen molar-refractivity contribution in [2.24, 2.45) is 0 Å². The summed E-state index contributed by atoms with van der Waals surface area (Å²) in [5.41, 5.74) is -1.06. The lowest BCUT2D eigenvalue weighted by Crippen LogP contribution is -2.38. The average Bonchev–Trinajstić information content (AvgIpc) is 3.10. The van der Waals surface area contributed by atoms with Crippen molar-refractivity contribution in [2.45, 2.75) is 30.8 Å². The van der Waals surface area contributed by atoms with Crippen molar-refractivity contribution in [3.05, 3.63) is 17.5 Å². The molecule has 3 rings (SSSR count). The fourth-order valence-electron chi connectivity index (χ4n) is 3.15. The largest absolute Gasteiger partial charge is 0.465 e. The number of carbonyl (C=O) groups is 2. The molecular weight excluding hydrogens is 290 g/mol. The van der Waals surface area contributed by atoms with Gasteiger partial charge in [0.2, 0.25) is 5.60 Å². The molecule has 2 N–H and O–H groups in total. The molecule has 2 amide bonds. The fourth-order valence-corrected chi connectivity index (χ4v) is 3.15. The minimum absolute atomic E-state index is 0.0693. The highest BCUT2D eigenvalue weighted by atomic mass is 16.5. The third kappa shape index (κ3) is 2.33. The van der Waals surface area contributed by atoms with Crippen LogP contribution in [-0.2, 0) is 10.4 Å². The van der Waals surface area contributed by atoms with Crippen molar-refractivity contribution in [2.75, 3.05) is 26.7 Å². The smallest absolute Gasteiger partial charge is 0.407 e. The first kappa shape index (κ1) is 14.8. The first-order chi connectivity index (χ1) is 10.4. The molecule has 22 heavy (non-hydrogen) atoms. The predicted molar refractivity (Wildman–Crippen MR) is 74.2 cm³/mol. The molecule has 3 heterocycles. The molecule has 0 spiro atoms. The number of hydrogen-bond acceptors (Lipinski definition) is 5. The van der Waals surface area contributed by atoms with Gasteiger partial charge in [-0.1, -0.05) is 5.16 Å². The van der Waals surface area contributed by atoms with Crippen molar-refractivity contribution >= 4 is 12.0 Å². The number of aliphatic hydroxyl groups is 1. The number of carbonyl (C=O) groups excluding carboxylic acids is 1. The number of piperidine rings is 1. The zero-order valence-electron chi connectivity index (χ0n) is 12.4. The SMILES string of the molecule is CN1CCC(O)(c2cc(C3CCCN(C(=O)O)C3)no2)C1=O. The van der Waals surface area contributed by atoms with Crippen molar-refractivity contribution in [3.8, 4) is 0 Å². The van der Waals surface area contributed by atoms with Crippen LogP contribution in [-0.4, -0.2) is 63.9 Å². The zero-order valence-corrected chi connectivity index (χ0v) is 12.4. The molecule has 2 fully saturated rings. The van der Waals surface area contributed by atoms with Crippen LogP contribution < -0.4 is 0 Å². The molecule has 0 bridgehead atoms. The summed E-state index contributed by atoms with van der Waals surface area (Å²) < 4.78 is 5.21. The lowest BCUT2D eigenvalue weighted by Gasteiger charge is -2.29. The van der Waals surface area contributed by atoms with E-state index in [-0.39, 0.29) is 18.1 Å². The van der Waals surface area contributed by atoms with Gasteiger partial charge in [0.15, 0.2) is 5.76 Å². The fraction of sp³-hybridized carbons (Fsp3) is 0.643. The Morgan fingerprint density at radius 1 is 1.50 bits per heavy atom. The van der Waals surface area contributed by atoms with Crippen LogP contribution in [0.15, 0.2) is 10.6 Å². The van der Waals surface area contributed by atoms with E-state index in [0.717, 1.165) is 12.8 Å². The number of hydrogen-bond donors (Lipinski definition) is 2. The maximum atomic E-state index is 12.1. The van der Waals surface area contributed by atoms with Gasteiger partial charge in [0.1, 0.15) is 0 Å². The highest BCUT2D eigenvalue weighted by molar-refractivity contribution is 5.87. The molecule has 0 radical (unpaired) electrons. The van der Waals surface area contributed by atoms with Crippen LogP contribution in [0.3, 0.4) is 0 Å². The Balaban J connectivity index is 1.79. The number of likely N-dealkylation sites (N-methyl/N-ethyl adjacent to an activating group) is 1. The van der Waals surface area contributed by atoms with E-state index < -0.39 is 17.6 Å². The van der Waals surface area contributed by atoms with Gasteiger partial charge in [0.05, 0.1) is 5.69 Å². The normalized spacial score (nSPS) is 29.2. The van der Waals surface area contributed by atoms with E-state index >= 15 is 0 Å². The number of carboxylic acid groups (broad SMARTS) is 1. The first-order valence-corrected chi connectivity index (χ1v) is 7.34. The monoisotopic (exact) mass is 309 g/mol. The van der Waals surface area contributed by atoms with Gasteiger partial charge in [-0.3, -0.25) is 4.79 Å². The van der Waals surface area contributed by atoms with Crippen LogP contribution in [0.4, 0.5) is 4.79 Å². The van der Waals surface area contributed by atoms with Crippen LogP contribution >= 0.6 is 0 Å². The molecule has 0 saturated carbocycles. The van der Waals surface area contributed by atoms with Gasteiger partial charge in [-0.15, -0.1) is 0 Å². The maximum absolute atomic E-state index is 12.1. The van der Waals surface area contributed by atoms with Crippen LogP contribution in [0.1, 0.15) is 36.6 Å². The standard InChI is InChI=1S/C14H19N3O5/c1-16-6-4-14(21,12(16)18)11-7-10(15-22-11)9-3-2-5-17(8-9)13(19)20/h7,9,21H,2-6,8H2,1H3,(H,19,20). The highest BCUT2D eigenvalue weighted by Crippen LogP contribution is 2.35. The van der Waals surface area contributed by atoms with E-state index in [2.05, 4.69) is 5.16 Å². The van der Waals surface area contributed by atoms with Crippen molar-refractivity contribution < 1.29 is 24.3 Å². The zero-order chi connectivity index (χ0) is 15.9. The maximum Gasteiger partial charge on any atom is 0.407 e. The molecule has 2 saturated heterocycles. The molecule has 2 unspecified atom stereocenters. The summed E-state index contributed by atoms with van der Waals surface area (Å²) in [6.07, 6.45) is 0.885. The quantitative estimate of drug-likeness (QED) is 0.827. The second-order valence-corrected chi connectivity index (χ2v) is 6.02. The number of likely N-dealkylation sites (tertiary alicyclic amines) is 2. The summed E-state index contributed by atoms with van der Waals surface area (Å²) in [5, 5.41) is 23.6. The average molecular weight is 309 g/mol. The van der Waals surface area contributed by atoms with Crippen molar-refractivity contribution in [1.82, 2.24) is 15.0 Å². The van der Waals surface area contributed by atoms with Crippen LogP contribution in [0.25, 0.3) is 0 Å². The Hall–Kier alpha value is -2.09. The van der Waals surface area contributed by atoms with Gasteiger partial charge in [0, 0.05) is 45.1 Å². The van der Waals surface area contributed by atoms with Crippen LogP contribution in [0.5, 0.6) is 0 Å². The second-order valence-electron chi connectivity index (χ2n) is 6.02. The Labute approximate surface area is 127 Å². The molecule has 2 aliphatic heterocycles. The summed E-state index contributed by atoms with van der Waals surface area (Å²) in [5.74, 6) is -0.324. The Bertz CT molecular complexity index is 601. The van der Waals surface area contributed by atoms with Crippen LogP contribution in [0, 0.1) is 0 Å². The van der Waals surface area contributed by atoms with E-state index in [1.54, 1.807) is 13.1 Å². The number of amides is 2. The third-order valence-electron chi connectivity index (χ3n) is 4.56. The van der Waals surface area contributed by atoms with Gasteiger partial charge in [-0.05, 0) is 12.8 Å². The number of aromatic nitrogens is 1. The van der Waals surface area contributed by atoms with Crippen molar-refractivity contribution in [3.63, 3.8) is 0 Å². The molecule has 2 aliphatic rings. The van der Waals surface area contributed by atoms with E-state index in [9.17, 15) is 14.7 Å². The van der Waals surface area contributed by atoms with E-state index in [0.29, 0.717) is 25.3 Å². The molecule has 8 nitrogen and oxygen atoms in total. The summed E-state index contributed by atoms with van der Waals surface area (Å²) >= 11 is 0. The summed E-state index contributed by atoms with van der Waals surface area (Å²) in [4.78, 5) is 25.9. The topological polar surface area (TPSA) is 107 Å². The summed E-state index contributed by atoms with van der Waals surface area (Å²) in [6.45, 7) is 1.33. The Kier molecular flexibility index (Phi) is 3.56. The number of rotatable bonds is 2. The van der Waals surface area contributed by atoms with Crippen molar-refractivity contribution in [1.29, 1.82) is 0 Å². The molecule has 1 aromatic rings. The molecule has 8 heteroatoms. The van der Waals surface area contributed by atoms with E-state index in [1.165, 1.54) is 9.80 Å². The van der Waals surface area contributed by atoms with E-state index in [4.69, 9.17) is 9.63 Å². The summed E-state index contributed by atoms with van der Waals surface area (Å²) in [7, 11) is 1.63. The third-order valence-corrected chi connectivity index (χ3v) is 4.56. The predicted octanol–water partition coefficient (Wildman–Crippen LogP) is 0.582. The van der Waals surface area contributed by atoms with Gasteiger partial charge >= 0.3 is 6.09 Å². The highest BCUT2D eigenvalue weighted by Gasteiger charge is 2.48. The Morgan fingerprint density at radius 2 is 2.27 bits per heavy atom. The molecule has 0 aromatic carbocycles. The first-order valence-electron chi connectivity index (χ1n) is 7.34. The second kappa shape index (κ2) is 5.28. The lowest BCUT2D eigenvalue weighted by atomic mass is 9.93. The van der Waals surface area contributed by atoms with Gasteiger partial charge in [0.25, 0.3) is 5.91 Å². The molecule has 120 valence electrons. The molecule has 0 aliphatic carbocycles. The van der Waals surface area contributed by atoms with E-state index in [1.807, 2.05) is 0 Å². The minimum atomic E-state index is -1.65. The summed E-state index contributed by atoms with van der Waals surface area (Å²) in [6, 6.07) is 1.59. The molecule has 2 atom stereocenters. The minimum Gasteiger partial charge on any atom is -0.465 e. The number of nitrogens with zero attached hydrogens (tertiary/aromatic N) is 3. The molecule has 1 aromatic heterocycles. The van der Waals surface area contributed by atoms with Gasteiger partial charge in [-0.25, -0.2) is 4.79 Å². The molecular formula is C14H19N3O5. The Morgan fingerprint density at radius 3 is 2.91 bits per heavy atom.